The Bertz CT molecular complexity index is 309. The largest absolute Gasteiger partial charge is 0.444 e. The summed E-state index contributed by atoms with van der Waals surface area (Å²) in [5.74, 6) is -0.0138. The predicted molar refractivity (Wildman–Crippen MR) is 75.0 cm³/mol. The molecule has 0 aliphatic carbocycles. The molecular weight excluding hydrogens is 246 g/mol. The SMILES string of the molecule is CNC(=O)C(C)(C)CNCCNC(=O)OC(C)(C)C. The molecule has 6 nitrogen and oxygen atoms in total. The van der Waals surface area contributed by atoms with Gasteiger partial charge in [-0.25, -0.2) is 4.79 Å². The Morgan fingerprint density at radius 1 is 1.05 bits per heavy atom. The van der Waals surface area contributed by atoms with Crippen molar-refractivity contribution in [3.05, 3.63) is 0 Å². The van der Waals surface area contributed by atoms with Crippen LogP contribution in [-0.4, -0.2) is 44.3 Å². The summed E-state index contributed by atoms with van der Waals surface area (Å²) >= 11 is 0. The Balaban J connectivity index is 3.77. The van der Waals surface area contributed by atoms with Gasteiger partial charge >= 0.3 is 6.09 Å². The van der Waals surface area contributed by atoms with Crippen LogP contribution in [0.2, 0.25) is 0 Å². The van der Waals surface area contributed by atoms with Crippen LogP contribution in [0.1, 0.15) is 34.6 Å². The molecule has 3 N–H and O–H groups in total. The van der Waals surface area contributed by atoms with Gasteiger partial charge in [-0.1, -0.05) is 0 Å². The van der Waals surface area contributed by atoms with Gasteiger partial charge in [-0.05, 0) is 34.6 Å². The second-order valence-electron chi connectivity index (χ2n) is 6.07. The van der Waals surface area contributed by atoms with Gasteiger partial charge in [0.25, 0.3) is 0 Å². The van der Waals surface area contributed by atoms with E-state index in [0.29, 0.717) is 19.6 Å². The number of hydrogen-bond acceptors (Lipinski definition) is 4. The Hall–Kier alpha value is -1.30. The molecule has 0 aromatic heterocycles. The minimum Gasteiger partial charge on any atom is -0.444 e. The van der Waals surface area contributed by atoms with Crippen molar-refractivity contribution < 1.29 is 14.3 Å². The highest BCUT2D eigenvalue weighted by atomic mass is 16.6. The lowest BCUT2D eigenvalue weighted by atomic mass is 9.92. The van der Waals surface area contributed by atoms with Crippen LogP contribution in [0.3, 0.4) is 0 Å². The number of alkyl carbamates (subject to hydrolysis) is 1. The molecule has 0 radical (unpaired) electrons. The van der Waals surface area contributed by atoms with Crippen LogP contribution >= 0.6 is 0 Å². The zero-order chi connectivity index (χ0) is 15.1. The third kappa shape index (κ3) is 8.42. The normalized spacial score (nSPS) is 11.9. The molecule has 6 heteroatoms. The molecular formula is C13H27N3O3. The fraction of sp³-hybridized carbons (Fsp3) is 0.846. The van der Waals surface area contributed by atoms with Crippen molar-refractivity contribution >= 4 is 12.0 Å². The fourth-order valence-corrected chi connectivity index (χ4v) is 1.39. The lowest BCUT2D eigenvalue weighted by Gasteiger charge is -2.23. The molecule has 112 valence electrons. The first-order valence-corrected chi connectivity index (χ1v) is 6.48. The van der Waals surface area contributed by atoms with Crippen LogP contribution in [0.15, 0.2) is 0 Å². The summed E-state index contributed by atoms with van der Waals surface area (Å²) in [6, 6.07) is 0. The monoisotopic (exact) mass is 273 g/mol. The standard InChI is InChI=1S/C13H27N3O3/c1-12(2,3)19-11(18)16-8-7-15-9-13(4,5)10(17)14-6/h15H,7-9H2,1-6H3,(H,14,17)(H,16,18). The highest BCUT2D eigenvalue weighted by Crippen LogP contribution is 2.12. The topological polar surface area (TPSA) is 79.5 Å². The number of hydrogen-bond donors (Lipinski definition) is 3. The van der Waals surface area contributed by atoms with Gasteiger partial charge in [-0.2, -0.15) is 0 Å². The number of carbonyl (C=O) groups excluding carboxylic acids is 2. The molecule has 0 aliphatic heterocycles. The van der Waals surface area contributed by atoms with Gasteiger partial charge in [0.05, 0.1) is 5.41 Å². The molecule has 0 rings (SSSR count). The van der Waals surface area contributed by atoms with Crippen LogP contribution < -0.4 is 16.0 Å². The van der Waals surface area contributed by atoms with E-state index >= 15 is 0 Å². The molecule has 19 heavy (non-hydrogen) atoms. The third-order valence-electron chi connectivity index (χ3n) is 2.38. The number of nitrogens with one attached hydrogen (secondary N) is 3. The van der Waals surface area contributed by atoms with Crippen molar-refractivity contribution in [1.29, 1.82) is 0 Å². The minimum absolute atomic E-state index is 0.0138. The Kier molecular flexibility index (Phi) is 6.83. The van der Waals surface area contributed by atoms with E-state index in [1.165, 1.54) is 0 Å². The maximum atomic E-state index is 11.5. The van der Waals surface area contributed by atoms with Crippen LogP contribution in [0.25, 0.3) is 0 Å². The van der Waals surface area contributed by atoms with Crippen molar-refractivity contribution in [2.24, 2.45) is 5.41 Å². The summed E-state index contributed by atoms with van der Waals surface area (Å²) in [5, 5.41) is 8.39. The molecule has 0 heterocycles. The number of rotatable bonds is 6. The molecule has 0 bridgehead atoms. The lowest BCUT2D eigenvalue weighted by Crippen LogP contribution is -2.44. The van der Waals surface area contributed by atoms with Gasteiger partial charge in [0.15, 0.2) is 0 Å². The van der Waals surface area contributed by atoms with Crippen LogP contribution in [-0.2, 0) is 9.53 Å². The van der Waals surface area contributed by atoms with E-state index in [4.69, 9.17) is 4.74 Å². The van der Waals surface area contributed by atoms with Crippen molar-refractivity contribution in [3.63, 3.8) is 0 Å². The highest BCUT2D eigenvalue weighted by molar-refractivity contribution is 5.81. The van der Waals surface area contributed by atoms with E-state index in [1.54, 1.807) is 7.05 Å². The first kappa shape index (κ1) is 17.7. The molecule has 0 aromatic carbocycles. The Labute approximate surface area is 115 Å². The maximum absolute atomic E-state index is 11.5. The summed E-state index contributed by atoms with van der Waals surface area (Å²) in [7, 11) is 1.62. The van der Waals surface area contributed by atoms with E-state index in [0.717, 1.165) is 0 Å². The quantitative estimate of drug-likeness (QED) is 0.628. The Morgan fingerprint density at radius 3 is 2.11 bits per heavy atom. The molecule has 0 atom stereocenters. The van der Waals surface area contributed by atoms with E-state index < -0.39 is 17.1 Å². The smallest absolute Gasteiger partial charge is 0.407 e. The van der Waals surface area contributed by atoms with Crippen molar-refractivity contribution in [2.45, 2.75) is 40.2 Å². The first-order valence-electron chi connectivity index (χ1n) is 6.48. The predicted octanol–water partition coefficient (Wildman–Crippen LogP) is 0.873. The average molecular weight is 273 g/mol. The molecule has 2 amide bonds. The average Bonchev–Trinajstić information content (AvgIpc) is 2.24. The second kappa shape index (κ2) is 7.33. The molecule has 0 saturated heterocycles. The van der Waals surface area contributed by atoms with Gasteiger partial charge < -0.3 is 20.7 Å². The summed E-state index contributed by atoms with van der Waals surface area (Å²) in [6.45, 7) is 10.8. The zero-order valence-electron chi connectivity index (χ0n) is 12.8. The summed E-state index contributed by atoms with van der Waals surface area (Å²) in [5.41, 5.74) is -0.959. The third-order valence-corrected chi connectivity index (χ3v) is 2.38. The number of amides is 2. The lowest BCUT2D eigenvalue weighted by molar-refractivity contribution is -0.128. The summed E-state index contributed by atoms with van der Waals surface area (Å²) < 4.78 is 5.10. The van der Waals surface area contributed by atoms with Gasteiger partial charge in [-0.3, -0.25) is 4.79 Å². The van der Waals surface area contributed by atoms with E-state index in [1.807, 2.05) is 34.6 Å². The molecule has 0 aromatic rings. The van der Waals surface area contributed by atoms with Crippen molar-refractivity contribution in [1.82, 2.24) is 16.0 Å². The van der Waals surface area contributed by atoms with E-state index in [9.17, 15) is 9.59 Å². The van der Waals surface area contributed by atoms with E-state index in [2.05, 4.69) is 16.0 Å². The van der Waals surface area contributed by atoms with E-state index in [-0.39, 0.29) is 5.91 Å². The van der Waals surface area contributed by atoms with Crippen molar-refractivity contribution in [3.8, 4) is 0 Å². The van der Waals surface area contributed by atoms with Gasteiger partial charge in [-0.15, -0.1) is 0 Å². The zero-order valence-corrected chi connectivity index (χ0v) is 12.8. The Morgan fingerprint density at radius 2 is 1.63 bits per heavy atom. The van der Waals surface area contributed by atoms with Crippen LogP contribution in [0.5, 0.6) is 0 Å². The van der Waals surface area contributed by atoms with Crippen molar-refractivity contribution in [2.75, 3.05) is 26.7 Å². The summed E-state index contributed by atoms with van der Waals surface area (Å²) in [4.78, 5) is 22.9. The van der Waals surface area contributed by atoms with Crippen LogP contribution in [0, 0.1) is 5.41 Å². The number of carbonyl (C=O) groups is 2. The number of ether oxygens (including phenoxy) is 1. The molecule has 0 unspecified atom stereocenters. The van der Waals surface area contributed by atoms with Gasteiger partial charge in [0.1, 0.15) is 5.60 Å². The molecule has 0 spiro atoms. The summed E-state index contributed by atoms with van der Waals surface area (Å²) in [6.07, 6.45) is -0.431. The molecule has 0 fully saturated rings. The minimum atomic E-state index is -0.487. The maximum Gasteiger partial charge on any atom is 0.407 e. The molecule has 0 saturated carbocycles. The van der Waals surface area contributed by atoms with Gasteiger partial charge in [0.2, 0.25) is 5.91 Å². The fourth-order valence-electron chi connectivity index (χ4n) is 1.39. The highest BCUT2D eigenvalue weighted by Gasteiger charge is 2.25. The second-order valence-corrected chi connectivity index (χ2v) is 6.07. The first-order chi connectivity index (χ1) is 8.58. The van der Waals surface area contributed by atoms with Crippen LogP contribution in [0.4, 0.5) is 4.79 Å². The molecule has 0 aliphatic rings. The van der Waals surface area contributed by atoms with Gasteiger partial charge in [0, 0.05) is 26.7 Å².